The van der Waals surface area contributed by atoms with Crippen LogP contribution in [-0.4, -0.2) is 36.3 Å². The van der Waals surface area contributed by atoms with Gasteiger partial charge < -0.3 is 9.59 Å². The third kappa shape index (κ3) is 11.9. The molecule has 3 heteroatoms. The Morgan fingerprint density at radius 3 is 2.08 bits per heavy atom. The van der Waals surface area contributed by atoms with Crippen molar-refractivity contribution < 1.29 is 9.59 Å². The molecule has 1 unspecified atom stereocenters. The smallest absolute Gasteiger partial charge is 0.104 e. The highest BCUT2D eigenvalue weighted by molar-refractivity contribution is 5.85. The lowest BCUT2D eigenvalue weighted by Crippen LogP contribution is -2.39. The van der Waals surface area contributed by atoms with E-state index in [9.17, 15) is 5.11 Å². The molecule has 0 fully saturated rings. The SMILES string of the molecule is CCCCCCCC(O)CCCC[N+](C)(C)Cc1ccccc1.Cl. The molecule has 0 aromatic heterocycles. The normalized spacial score (nSPS) is 12.7. The third-order valence-corrected chi connectivity index (χ3v) is 4.65. The molecule has 0 aliphatic rings. The summed E-state index contributed by atoms with van der Waals surface area (Å²) in [7, 11) is 4.61. The third-order valence-electron chi connectivity index (χ3n) is 4.65. The second kappa shape index (κ2) is 13.7. The van der Waals surface area contributed by atoms with Crippen molar-refractivity contribution in [1.29, 1.82) is 0 Å². The first-order chi connectivity index (χ1) is 11.0. The van der Waals surface area contributed by atoms with Gasteiger partial charge in [-0.25, -0.2) is 0 Å². The summed E-state index contributed by atoms with van der Waals surface area (Å²) >= 11 is 0. The molecule has 0 radical (unpaired) electrons. The van der Waals surface area contributed by atoms with E-state index in [2.05, 4.69) is 51.4 Å². The molecule has 0 spiro atoms. The predicted molar refractivity (Wildman–Crippen MR) is 108 cm³/mol. The first-order valence-electron chi connectivity index (χ1n) is 9.57. The lowest BCUT2D eigenvalue weighted by Gasteiger charge is -2.30. The van der Waals surface area contributed by atoms with Gasteiger partial charge in [-0.3, -0.25) is 0 Å². The number of aliphatic hydroxyl groups is 1. The van der Waals surface area contributed by atoms with Crippen molar-refractivity contribution in [2.75, 3.05) is 20.6 Å². The van der Waals surface area contributed by atoms with Crippen molar-refractivity contribution in [2.24, 2.45) is 0 Å². The highest BCUT2D eigenvalue weighted by Gasteiger charge is 2.15. The number of nitrogens with zero attached hydrogens (tertiary/aromatic N) is 1. The van der Waals surface area contributed by atoms with Crippen LogP contribution in [0.3, 0.4) is 0 Å². The number of quaternary nitrogens is 1. The van der Waals surface area contributed by atoms with E-state index in [1.165, 1.54) is 50.6 Å². The Kier molecular flexibility index (Phi) is 13.4. The molecule has 1 N–H and O–H groups in total. The minimum atomic E-state index is -0.0821. The Hall–Kier alpha value is -0.570. The average molecular weight is 357 g/mol. The zero-order chi connectivity index (χ0) is 17.0. The molecule has 24 heavy (non-hydrogen) atoms. The Morgan fingerprint density at radius 2 is 1.46 bits per heavy atom. The fourth-order valence-electron chi connectivity index (χ4n) is 3.20. The van der Waals surface area contributed by atoms with Crippen molar-refractivity contribution in [3.63, 3.8) is 0 Å². The highest BCUT2D eigenvalue weighted by atomic mass is 35.5. The Labute approximate surface area is 156 Å². The second-order valence-electron chi connectivity index (χ2n) is 7.66. The number of rotatable bonds is 13. The number of hydrogen-bond donors (Lipinski definition) is 1. The quantitative estimate of drug-likeness (QED) is 0.361. The molecule has 0 aliphatic heterocycles. The lowest BCUT2D eigenvalue weighted by molar-refractivity contribution is -0.903. The maximum Gasteiger partial charge on any atom is 0.104 e. The van der Waals surface area contributed by atoms with E-state index >= 15 is 0 Å². The van der Waals surface area contributed by atoms with Crippen molar-refractivity contribution in [2.45, 2.75) is 77.4 Å². The van der Waals surface area contributed by atoms with Gasteiger partial charge in [-0.05, 0) is 25.7 Å². The van der Waals surface area contributed by atoms with Crippen LogP contribution in [0.5, 0.6) is 0 Å². The molecular formula is C21H39ClNO+. The first kappa shape index (κ1) is 23.4. The molecule has 0 amide bonds. The van der Waals surface area contributed by atoms with Crippen LogP contribution in [0, 0.1) is 0 Å². The van der Waals surface area contributed by atoms with Crippen LogP contribution in [0.2, 0.25) is 0 Å². The van der Waals surface area contributed by atoms with E-state index < -0.39 is 0 Å². The fourth-order valence-corrected chi connectivity index (χ4v) is 3.20. The number of unbranched alkanes of at least 4 members (excludes halogenated alkanes) is 5. The van der Waals surface area contributed by atoms with Gasteiger partial charge in [0.25, 0.3) is 0 Å². The van der Waals surface area contributed by atoms with Crippen LogP contribution < -0.4 is 0 Å². The largest absolute Gasteiger partial charge is 0.393 e. The van der Waals surface area contributed by atoms with Crippen LogP contribution in [0.1, 0.15) is 70.3 Å². The highest BCUT2D eigenvalue weighted by Crippen LogP contribution is 2.14. The maximum absolute atomic E-state index is 10.1. The Balaban J connectivity index is 0.00000529. The van der Waals surface area contributed by atoms with Crippen LogP contribution in [-0.2, 0) is 6.54 Å². The zero-order valence-electron chi connectivity index (χ0n) is 16.0. The predicted octanol–water partition coefficient (Wildman–Crippen LogP) is 5.58. The van der Waals surface area contributed by atoms with Crippen LogP contribution in [0.4, 0.5) is 0 Å². The van der Waals surface area contributed by atoms with Gasteiger partial charge in [0.05, 0.1) is 26.7 Å². The summed E-state index contributed by atoms with van der Waals surface area (Å²) < 4.78 is 1.02. The lowest BCUT2D eigenvalue weighted by atomic mass is 10.0. The van der Waals surface area contributed by atoms with Gasteiger partial charge in [-0.2, -0.15) is 0 Å². The molecule has 1 aromatic carbocycles. The van der Waals surface area contributed by atoms with E-state index in [0.717, 1.165) is 30.3 Å². The fraction of sp³-hybridized carbons (Fsp3) is 0.714. The van der Waals surface area contributed by atoms with Gasteiger partial charge in [0.2, 0.25) is 0 Å². The van der Waals surface area contributed by atoms with Crippen molar-refractivity contribution in [3.8, 4) is 0 Å². The van der Waals surface area contributed by atoms with Gasteiger partial charge in [0.15, 0.2) is 0 Å². The summed E-state index contributed by atoms with van der Waals surface area (Å²) in [5.41, 5.74) is 1.41. The molecule has 0 saturated carbocycles. The van der Waals surface area contributed by atoms with Crippen LogP contribution in [0.15, 0.2) is 30.3 Å². The van der Waals surface area contributed by atoms with E-state index in [0.29, 0.717) is 0 Å². The maximum atomic E-state index is 10.1. The Morgan fingerprint density at radius 1 is 0.875 bits per heavy atom. The van der Waals surface area contributed by atoms with Gasteiger partial charge in [-0.1, -0.05) is 69.4 Å². The molecule has 0 heterocycles. The van der Waals surface area contributed by atoms with Crippen LogP contribution >= 0.6 is 12.4 Å². The minimum absolute atomic E-state index is 0. The van der Waals surface area contributed by atoms with Gasteiger partial charge in [0, 0.05) is 5.56 Å². The minimum Gasteiger partial charge on any atom is -0.393 e. The second-order valence-corrected chi connectivity index (χ2v) is 7.66. The number of benzene rings is 1. The van der Waals surface area contributed by atoms with Crippen molar-refractivity contribution in [1.82, 2.24) is 0 Å². The molecule has 1 aromatic rings. The van der Waals surface area contributed by atoms with Crippen LogP contribution in [0.25, 0.3) is 0 Å². The van der Waals surface area contributed by atoms with Gasteiger partial charge in [0.1, 0.15) is 6.54 Å². The molecule has 2 nitrogen and oxygen atoms in total. The summed E-state index contributed by atoms with van der Waals surface area (Å²) in [6, 6.07) is 10.7. The average Bonchev–Trinajstić information content (AvgIpc) is 2.52. The molecule has 0 saturated heterocycles. The standard InChI is InChI=1S/C21H38NO.ClH/c1-4-5-6-7-11-16-21(23)17-12-13-18-22(2,3)19-20-14-9-8-10-15-20;/h8-10,14-15,21,23H,4-7,11-13,16-19H2,1-3H3;1H/q+1;. The molecule has 1 atom stereocenters. The molecule has 0 bridgehead atoms. The Bertz CT molecular complexity index is 394. The first-order valence-corrected chi connectivity index (χ1v) is 9.57. The number of hydrogen-bond acceptors (Lipinski definition) is 1. The molecule has 0 aliphatic carbocycles. The summed E-state index contributed by atoms with van der Waals surface area (Å²) in [6.07, 6.45) is 10.7. The van der Waals surface area contributed by atoms with E-state index in [1.807, 2.05) is 0 Å². The van der Waals surface area contributed by atoms with Crippen molar-refractivity contribution >= 4 is 12.4 Å². The molecule has 1 rings (SSSR count). The summed E-state index contributed by atoms with van der Waals surface area (Å²) in [5, 5.41) is 10.1. The van der Waals surface area contributed by atoms with Gasteiger partial charge in [-0.15, -0.1) is 12.4 Å². The number of aliphatic hydroxyl groups excluding tert-OH is 1. The zero-order valence-corrected chi connectivity index (χ0v) is 16.9. The topological polar surface area (TPSA) is 20.2 Å². The molecular weight excluding hydrogens is 318 g/mol. The van der Waals surface area contributed by atoms with E-state index in [-0.39, 0.29) is 18.5 Å². The van der Waals surface area contributed by atoms with E-state index in [1.54, 1.807) is 0 Å². The summed E-state index contributed by atoms with van der Waals surface area (Å²) in [5.74, 6) is 0. The summed E-state index contributed by atoms with van der Waals surface area (Å²) in [4.78, 5) is 0. The summed E-state index contributed by atoms with van der Waals surface area (Å²) in [6.45, 7) is 4.51. The van der Waals surface area contributed by atoms with E-state index in [4.69, 9.17) is 0 Å². The monoisotopic (exact) mass is 356 g/mol. The molecule has 140 valence electrons. The van der Waals surface area contributed by atoms with Crippen molar-refractivity contribution in [3.05, 3.63) is 35.9 Å². The number of halogens is 1. The van der Waals surface area contributed by atoms with Gasteiger partial charge >= 0.3 is 0 Å².